The molecule has 13 heteroatoms. The zero-order chi connectivity index (χ0) is 19.9. The number of nitrogens with one attached hydrogen (secondary N) is 2. The Morgan fingerprint density at radius 2 is 2.11 bits per heavy atom. The second-order valence-electron chi connectivity index (χ2n) is 5.86. The zero-order valence-electron chi connectivity index (χ0n) is 14.2. The number of hydrogen-bond donors (Lipinski definition) is 5. The third kappa shape index (κ3) is 3.10. The lowest BCUT2D eigenvalue weighted by molar-refractivity contribution is -0.420. The highest BCUT2D eigenvalue weighted by Crippen LogP contribution is 2.27. The van der Waals surface area contributed by atoms with Gasteiger partial charge in [-0.05, 0) is 6.92 Å². The highest BCUT2D eigenvalue weighted by atomic mass is 16.6. The van der Waals surface area contributed by atoms with Crippen LogP contribution in [0.3, 0.4) is 0 Å². The number of esters is 1. The molecule has 0 aromatic rings. The summed E-state index contributed by atoms with van der Waals surface area (Å²) in [7, 11) is 0. The first-order valence-corrected chi connectivity index (χ1v) is 8.04. The Labute approximate surface area is 152 Å². The summed E-state index contributed by atoms with van der Waals surface area (Å²) in [6.07, 6.45) is -5.76. The number of aliphatic hydroxyl groups is 3. The van der Waals surface area contributed by atoms with E-state index in [0.717, 1.165) is 9.48 Å². The highest BCUT2D eigenvalue weighted by molar-refractivity contribution is 6.70. The molecular weight excluding hydrogens is 366 g/mol. The monoisotopic (exact) mass is 384 g/mol. The average molecular weight is 384 g/mol. The van der Waals surface area contributed by atoms with Crippen molar-refractivity contribution in [2.24, 2.45) is 4.99 Å². The third-order valence-electron chi connectivity index (χ3n) is 4.18. The van der Waals surface area contributed by atoms with Gasteiger partial charge in [0.1, 0.15) is 18.3 Å². The minimum atomic E-state index is -1.61. The van der Waals surface area contributed by atoms with E-state index in [2.05, 4.69) is 10.3 Å². The molecule has 0 spiro atoms. The van der Waals surface area contributed by atoms with Gasteiger partial charge in [0, 0.05) is 0 Å². The maximum absolute atomic E-state index is 12.9. The first-order valence-electron chi connectivity index (χ1n) is 8.04. The molecule has 1 fully saturated rings. The van der Waals surface area contributed by atoms with Crippen molar-refractivity contribution < 1.29 is 43.8 Å². The lowest BCUT2D eigenvalue weighted by Crippen LogP contribution is -2.53. The van der Waals surface area contributed by atoms with Crippen molar-refractivity contribution in [1.82, 2.24) is 10.2 Å². The molecule has 0 saturated carbocycles. The average Bonchev–Trinajstić information content (AvgIpc) is 3.03. The van der Waals surface area contributed by atoms with Crippen LogP contribution in [0.1, 0.15) is 6.92 Å². The van der Waals surface area contributed by atoms with Crippen molar-refractivity contribution >= 4 is 35.4 Å². The topological polar surface area (TPSA) is 185 Å². The quantitative estimate of drug-likeness (QED) is 0.237. The Balaban J connectivity index is 2.01. The number of amidine groups is 1. The summed E-state index contributed by atoms with van der Waals surface area (Å²) in [4.78, 5) is 41.5. The number of nitrogens with zero attached hydrogens (tertiary/aromatic N) is 3. The van der Waals surface area contributed by atoms with Crippen molar-refractivity contribution in [2.45, 2.75) is 31.5 Å². The minimum absolute atomic E-state index is 0.0620. The first kappa shape index (κ1) is 19.0. The minimum Gasteiger partial charge on any atom is -0.463 e. The predicted molar refractivity (Wildman–Crippen MR) is 85.1 cm³/mol. The number of rotatable bonds is 5. The van der Waals surface area contributed by atoms with Crippen LogP contribution in [0.25, 0.3) is 0 Å². The maximum atomic E-state index is 12.9. The number of carbonyl (C=O) groups is 3. The van der Waals surface area contributed by atoms with Gasteiger partial charge in [-0.3, -0.25) is 15.5 Å². The number of ether oxygens (including phenoxy) is 2. The van der Waals surface area contributed by atoms with E-state index in [4.69, 9.17) is 14.9 Å². The van der Waals surface area contributed by atoms with E-state index in [9.17, 15) is 29.7 Å². The number of urea groups is 1. The summed E-state index contributed by atoms with van der Waals surface area (Å²) in [5.74, 6) is -2.50. The lowest BCUT2D eigenvalue weighted by atomic mass is 10.1. The fourth-order valence-electron chi connectivity index (χ4n) is 2.99. The molecule has 0 aromatic heterocycles. The molecule has 3 rings (SSSR count). The molecule has 0 bridgehead atoms. The molecule has 3 heterocycles. The zero-order valence-corrected chi connectivity index (χ0v) is 14.2. The van der Waals surface area contributed by atoms with Gasteiger partial charge in [0.05, 0.1) is 13.2 Å². The van der Waals surface area contributed by atoms with Crippen LogP contribution < -0.4 is 5.32 Å². The molecule has 5 N–H and O–H groups in total. The van der Waals surface area contributed by atoms with Crippen molar-refractivity contribution in [3.63, 3.8) is 0 Å². The third-order valence-corrected chi connectivity index (χ3v) is 4.18. The SMILES string of the molecule is CCOC(=O)C[N+]1=C2C(=O)NC(=N)N=C2N([C@@H]2O[C@H](CO)[C@@H](O)[C@H]2O)C1=O. The fourth-order valence-corrected chi connectivity index (χ4v) is 2.99. The van der Waals surface area contributed by atoms with Crippen LogP contribution in [-0.4, -0.2) is 105 Å². The number of aliphatic hydroxyl groups excluding tert-OH is 3. The maximum Gasteiger partial charge on any atom is 0.503 e. The van der Waals surface area contributed by atoms with Gasteiger partial charge >= 0.3 is 17.9 Å². The Bertz CT molecular complexity index is 777. The Hall–Kier alpha value is -2.74. The largest absolute Gasteiger partial charge is 0.503 e. The molecule has 13 nitrogen and oxygen atoms in total. The summed E-state index contributed by atoms with van der Waals surface area (Å²) >= 11 is 0. The second-order valence-corrected chi connectivity index (χ2v) is 5.86. The smallest absolute Gasteiger partial charge is 0.463 e. The lowest BCUT2D eigenvalue weighted by Gasteiger charge is -2.20. The summed E-state index contributed by atoms with van der Waals surface area (Å²) in [5, 5.41) is 39.0. The van der Waals surface area contributed by atoms with E-state index < -0.39 is 61.6 Å². The fraction of sp³-hybridized carbons (Fsp3) is 0.571. The summed E-state index contributed by atoms with van der Waals surface area (Å²) in [6.45, 7) is 0.409. The van der Waals surface area contributed by atoms with Crippen LogP contribution in [0.4, 0.5) is 4.79 Å². The van der Waals surface area contributed by atoms with Gasteiger partial charge in [0.25, 0.3) is 11.5 Å². The number of guanidine groups is 1. The number of aliphatic imine (C=N–C) groups is 1. The number of hydrogen-bond acceptors (Lipinski definition) is 9. The molecule has 0 radical (unpaired) electrons. The van der Waals surface area contributed by atoms with Gasteiger partial charge in [-0.15, -0.1) is 4.90 Å². The van der Waals surface area contributed by atoms with Gasteiger partial charge in [-0.1, -0.05) is 0 Å². The van der Waals surface area contributed by atoms with Crippen molar-refractivity contribution in [2.75, 3.05) is 19.8 Å². The molecule has 0 aromatic carbocycles. The summed E-state index contributed by atoms with van der Waals surface area (Å²) in [5.41, 5.74) is -0.318. The van der Waals surface area contributed by atoms with E-state index in [1.807, 2.05) is 0 Å². The number of fused-ring (bicyclic) bond motifs is 1. The molecule has 0 aliphatic carbocycles. The van der Waals surface area contributed by atoms with Gasteiger partial charge in [0.15, 0.2) is 6.54 Å². The Morgan fingerprint density at radius 1 is 1.41 bits per heavy atom. The van der Waals surface area contributed by atoms with Crippen LogP contribution in [0, 0.1) is 5.41 Å². The molecule has 4 atom stereocenters. The molecule has 3 amide bonds. The van der Waals surface area contributed by atoms with Gasteiger partial charge in [-0.2, -0.15) is 14.4 Å². The first-order chi connectivity index (χ1) is 12.8. The van der Waals surface area contributed by atoms with Crippen LogP contribution in [0.15, 0.2) is 4.99 Å². The van der Waals surface area contributed by atoms with Crippen molar-refractivity contribution in [1.29, 1.82) is 5.41 Å². The van der Waals surface area contributed by atoms with E-state index in [1.165, 1.54) is 0 Å². The second kappa shape index (κ2) is 7.11. The summed E-state index contributed by atoms with van der Waals surface area (Å²) < 4.78 is 10.9. The molecule has 1 saturated heterocycles. The molecule has 27 heavy (non-hydrogen) atoms. The molecule has 3 aliphatic rings. The Kier molecular flexibility index (Phi) is 5.01. The summed E-state index contributed by atoms with van der Waals surface area (Å²) in [6, 6.07) is -0.934. The van der Waals surface area contributed by atoms with Gasteiger partial charge < -0.3 is 24.8 Å². The van der Waals surface area contributed by atoms with E-state index in [1.54, 1.807) is 6.92 Å². The van der Waals surface area contributed by atoms with Gasteiger partial charge in [0.2, 0.25) is 12.2 Å². The highest BCUT2D eigenvalue weighted by Gasteiger charge is 2.60. The van der Waals surface area contributed by atoms with Crippen LogP contribution in [-0.2, 0) is 19.1 Å². The van der Waals surface area contributed by atoms with E-state index in [0.29, 0.717) is 0 Å². The van der Waals surface area contributed by atoms with E-state index in [-0.39, 0.29) is 18.2 Å². The van der Waals surface area contributed by atoms with Crippen molar-refractivity contribution in [3.05, 3.63) is 0 Å². The van der Waals surface area contributed by atoms with Crippen LogP contribution in [0.2, 0.25) is 0 Å². The van der Waals surface area contributed by atoms with E-state index >= 15 is 0 Å². The van der Waals surface area contributed by atoms with Gasteiger partial charge in [-0.25, -0.2) is 4.79 Å². The standard InChI is InChI=1S/C14H17N5O8/c1-2-26-6(21)3-18-7-10(16-13(15)17-11(7)24)19(14(18)25)12-9(23)8(22)5(4-20)27-12/h5,8-9,12,20,22-23H,2-4H2,1H3,(H-,15,17,24)/p+1/t5-,8-,9-,12-/m1/s1. The number of carbonyl (C=O) groups excluding carboxylic acids is 3. The van der Waals surface area contributed by atoms with Crippen LogP contribution in [0.5, 0.6) is 0 Å². The predicted octanol–water partition coefficient (Wildman–Crippen LogP) is -3.66. The molecule has 3 aliphatic heterocycles. The molecule has 146 valence electrons. The molecular formula is C14H18N5O8+. The normalized spacial score (nSPS) is 30.4. The molecule has 0 unspecified atom stereocenters. The Morgan fingerprint density at radius 3 is 2.70 bits per heavy atom. The van der Waals surface area contributed by atoms with Crippen LogP contribution >= 0.6 is 0 Å². The van der Waals surface area contributed by atoms with Crippen molar-refractivity contribution in [3.8, 4) is 0 Å². The number of amides is 3.